The van der Waals surface area contributed by atoms with Gasteiger partial charge >= 0.3 is 5.97 Å². The number of unbranched alkanes of at least 4 members (excludes halogenated alkanes) is 3. The van der Waals surface area contributed by atoms with E-state index in [9.17, 15) is 4.79 Å². The lowest BCUT2D eigenvalue weighted by molar-refractivity contribution is 0.0695. The lowest BCUT2D eigenvalue weighted by Gasteiger charge is -2.05. The van der Waals surface area contributed by atoms with Crippen molar-refractivity contribution >= 4 is 5.97 Å². The van der Waals surface area contributed by atoms with E-state index in [0.29, 0.717) is 5.56 Å². The third-order valence-corrected chi connectivity index (χ3v) is 2.55. The summed E-state index contributed by atoms with van der Waals surface area (Å²) in [4.78, 5) is 10.9. The number of aryl methyl sites for hydroxylation is 1. The topological polar surface area (TPSA) is 37.3 Å². The molecule has 0 aliphatic carbocycles. The Balaban J connectivity index is 2.56. The van der Waals surface area contributed by atoms with Crippen molar-refractivity contribution in [2.24, 2.45) is 0 Å². The Bertz CT molecular complexity index is 318. The second kappa shape index (κ2) is 6.23. The van der Waals surface area contributed by atoms with Crippen LogP contribution in [0.1, 0.15) is 48.5 Å². The van der Waals surface area contributed by atoms with Crippen LogP contribution in [-0.4, -0.2) is 11.1 Å². The van der Waals surface area contributed by atoms with Gasteiger partial charge in [-0.2, -0.15) is 0 Å². The number of benzene rings is 1. The minimum absolute atomic E-state index is 0.453. The van der Waals surface area contributed by atoms with Gasteiger partial charge in [0, 0.05) is 0 Å². The molecule has 0 aromatic heterocycles. The maximum atomic E-state index is 10.9. The SMILES string of the molecule is CCCCCCc1ccccc1C(=O)O. The van der Waals surface area contributed by atoms with Crippen LogP contribution in [0.15, 0.2) is 24.3 Å². The molecule has 0 saturated carbocycles. The van der Waals surface area contributed by atoms with E-state index in [1.807, 2.05) is 12.1 Å². The van der Waals surface area contributed by atoms with E-state index >= 15 is 0 Å². The fourth-order valence-corrected chi connectivity index (χ4v) is 1.69. The van der Waals surface area contributed by atoms with Crippen LogP contribution in [0.5, 0.6) is 0 Å². The molecular formula is C13H18O2. The first-order valence-corrected chi connectivity index (χ1v) is 5.57. The van der Waals surface area contributed by atoms with E-state index in [0.717, 1.165) is 18.4 Å². The molecule has 0 spiro atoms. The van der Waals surface area contributed by atoms with Gasteiger partial charge in [0.2, 0.25) is 0 Å². The summed E-state index contributed by atoms with van der Waals surface area (Å²) in [6, 6.07) is 7.27. The lowest BCUT2D eigenvalue weighted by atomic mass is 10.0. The normalized spacial score (nSPS) is 10.2. The molecule has 0 unspecified atom stereocenters. The van der Waals surface area contributed by atoms with Gasteiger partial charge in [0.15, 0.2) is 0 Å². The Morgan fingerprint density at radius 3 is 2.60 bits per heavy atom. The van der Waals surface area contributed by atoms with Crippen molar-refractivity contribution in [1.82, 2.24) is 0 Å². The zero-order valence-corrected chi connectivity index (χ0v) is 9.20. The van der Waals surface area contributed by atoms with E-state index in [1.165, 1.54) is 19.3 Å². The summed E-state index contributed by atoms with van der Waals surface area (Å²) < 4.78 is 0. The fraction of sp³-hybridized carbons (Fsp3) is 0.462. The molecule has 82 valence electrons. The molecule has 0 aliphatic rings. The largest absolute Gasteiger partial charge is 0.478 e. The molecule has 15 heavy (non-hydrogen) atoms. The molecule has 0 bridgehead atoms. The number of carbonyl (C=O) groups is 1. The number of rotatable bonds is 6. The minimum atomic E-state index is -0.818. The predicted molar refractivity (Wildman–Crippen MR) is 61.2 cm³/mol. The molecule has 1 aromatic carbocycles. The van der Waals surface area contributed by atoms with Gasteiger partial charge in [-0.1, -0.05) is 44.4 Å². The smallest absolute Gasteiger partial charge is 0.335 e. The van der Waals surface area contributed by atoms with Crippen LogP contribution in [0.4, 0.5) is 0 Å². The van der Waals surface area contributed by atoms with Crippen molar-refractivity contribution in [3.05, 3.63) is 35.4 Å². The van der Waals surface area contributed by atoms with Gasteiger partial charge in [0.25, 0.3) is 0 Å². The van der Waals surface area contributed by atoms with Gasteiger partial charge in [-0.15, -0.1) is 0 Å². The highest BCUT2D eigenvalue weighted by molar-refractivity contribution is 5.89. The quantitative estimate of drug-likeness (QED) is 0.723. The molecule has 0 radical (unpaired) electrons. The monoisotopic (exact) mass is 206 g/mol. The number of aromatic carboxylic acids is 1. The Hall–Kier alpha value is -1.31. The van der Waals surface area contributed by atoms with Gasteiger partial charge in [-0.25, -0.2) is 4.79 Å². The highest BCUT2D eigenvalue weighted by atomic mass is 16.4. The van der Waals surface area contributed by atoms with Crippen LogP contribution in [0.25, 0.3) is 0 Å². The molecule has 0 aliphatic heterocycles. The first-order valence-electron chi connectivity index (χ1n) is 5.57. The van der Waals surface area contributed by atoms with Crippen molar-refractivity contribution in [2.75, 3.05) is 0 Å². The van der Waals surface area contributed by atoms with Crippen LogP contribution in [0.2, 0.25) is 0 Å². The minimum Gasteiger partial charge on any atom is -0.478 e. The fourth-order valence-electron chi connectivity index (χ4n) is 1.69. The van der Waals surface area contributed by atoms with Gasteiger partial charge in [-0.3, -0.25) is 0 Å². The zero-order valence-electron chi connectivity index (χ0n) is 9.20. The van der Waals surface area contributed by atoms with Crippen molar-refractivity contribution in [3.63, 3.8) is 0 Å². The molecule has 1 N–H and O–H groups in total. The second-order valence-corrected chi connectivity index (χ2v) is 3.77. The van der Waals surface area contributed by atoms with E-state index in [1.54, 1.807) is 12.1 Å². The lowest BCUT2D eigenvalue weighted by Crippen LogP contribution is -2.02. The molecule has 0 heterocycles. The molecular weight excluding hydrogens is 188 g/mol. The van der Waals surface area contributed by atoms with Crippen LogP contribution in [0, 0.1) is 0 Å². The third kappa shape index (κ3) is 3.74. The van der Waals surface area contributed by atoms with Crippen LogP contribution in [-0.2, 0) is 6.42 Å². The van der Waals surface area contributed by atoms with Crippen LogP contribution < -0.4 is 0 Å². The van der Waals surface area contributed by atoms with Crippen molar-refractivity contribution < 1.29 is 9.90 Å². The maximum Gasteiger partial charge on any atom is 0.335 e. The standard InChI is InChI=1S/C13H18O2/c1-2-3-4-5-8-11-9-6-7-10-12(11)13(14)15/h6-7,9-10H,2-5,8H2,1H3,(H,14,15). The Morgan fingerprint density at radius 1 is 1.20 bits per heavy atom. The summed E-state index contributed by atoms with van der Waals surface area (Å²) in [6.45, 7) is 2.17. The molecule has 0 atom stereocenters. The van der Waals surface area contributed by atoms with E-state index in [-0.39, 0.29) is 0 Å². The summed E-state index contributed by atoms with van der Waals surface area (Å²) in [7, 11) is 0. The van der Waals surface area contributed by atoms with E-state index < -0.39 is 5.97 Å². The summed E-state index contributed by atoms with van der Waals surface area (Å²) in [5.74, 6) is -0.818. The third-order valence-electron chi connectivity index (χ3n) is 2.55. The Morgan fingerprint density at radius 2 is 1.93 bits per heavy atom. The summed E-state index contributed by atoms with van der Waals surface area (Å²) in [5.41, 5.74) is 1.41. The van der Waals surface area contributed by atoms with Crippen molar-refractivity contribution in [2.45, 2.75) is 39.0 Å². The average molecular weight is 206 g/mol. The van der Waals surface area contributed by atoms with Gasteiger partial charge in [-0.05, 0) is 24.5 Å². The van der Waals surface area contributed by atoms with Gasteiger partial charge in [0.1, 0.15) is 0 Å². The second-order valence-electron chi connectivity index (χ2n) is 3.77. The molecule has 2 nitrogen and oxygen atoms in total. The van der Waals surface area contributed by atoms with E-state index in [2.05, 4.69) is 6.92 Å². The Labute approximate surface area is 90.9 Å². The van der Waals surface area contributed by atoms with Crippen LogP contribution >= 0.6 is 0 Å². The molecule has 0 amide bonds. The number of hydrogen-bond donors (Lipinski definition) is 1. The Kier molecular flexibility index (Phi) is 4.88. The van der Waals surface area contributed by atoms with Gasteiger partial charge in [0.05, 0.1) is 5.56 Å². The van der Waals surface area contributed by atoms with Crippen LogP contribution in [0.3, 0.4) is 0 Å². The van der Waals surface area contributed by atoms with Crippen molar-refractivity contribution in [1.29, 1.82) is 0 Å². The first kappa shape index (κ1) is 11.8. The molecule has 0 saturated heterocycles. The highest BCUT2D eigenvalue weighted by Gasteiger charge is 2.07. The zero-order chi connectivity index (χ0) is 11.1. The molecule has 1 rings (SSSR count). The number of hydrogen-bond acceptors (Lipinski definition) is 1. The predicted octanol–water partition coefficient (Wildman–Crippen LogP) is 3.51. The summed E-state index contributed by atoms with van der Waals surface area (Å²) in [6.07, 6.45) is 5.58. The van der Waals surface area contributed by atoms with Gasteiger partial charge < -0.3 is 5.11 Å². The molecule has 0 fully saturated rings. The number of carboxylic acids is 1. The summed E-state index contributed by atoms with van der Waals surface area (Å²) >= 11 is 0. The highest BCUT2D eigenvalue weighted by Crippen LogP contribution is 2.13. The molecule has 1 aromatic rings. The van der Waals surface area contributed by atoms with E-state index in [4.69, 9.17) is 5.11 Å². The first-order chi connectivity index (χ1) is 7.25. The molecule has 2 heteroatoms. The van der Waals surface area contributed by atoms with Crippen molar-refractivity contribution in [3.8, 4) is 0 Å². The summed E-state index contributed by atoms with van der Waals surface area (Å²) in [5, 5.41) is 8.97. The maximum absolute atomic E-state index is 10.9. The number of carboxylic acid groups (broad SMARTS) is 1. The average Bonchev–Trinajstić information content (AvgIpc) is 2.25.